The number of ketones is 3. The van der Waals surface area contributed by atoms with Gasteiger partial charge in [0.25, 0.3) is 0 Å². The summed E-state index contributed by atoms with van der Waals surface area (Å²) in [5, 5.41) is 40.1. The highest BCUT2D eigenvalue weighted by atomic mass is 16.5. The van der Waals surface area contributed by atoms with Gasteiger partial charge in [0.15, 0.2) is 28.8 Å². The highest BCUT2D eigenvalue weighted by molar-refractivity contribution is 6.19. The topological polar surface area (TPSA) is 151 Å². The van der Waals surface area contributed by atoms with Crippen LogP contribution in [0.1, 0.15) is 22.6 Å². The highest BCUT2D eigenvalue weighted by Gasteiger charge is 2.48. The molecule has 0 bridgehead atoms. The van der Waals surface area contributed by atoms with Crippen molar-refractivity contribution >= 4 is 22.9 Å². The maximum Gasteiger partial charge on any atom is 0.224 e. The van der Waals surface area contributed by atoms with Crippen LogP contribution in [0.2, 0.25) is 0 Å². The maximum absolute atomic E-state index is 12.1. The van der Waals surface area contributed by atoms with Gasteiger partial charge < -0.3 is 29.9 Å². The molecule has 41 heavy (non-hydrogen) atoms. The lowest BCUT2D eigenvalue weighted by Gasteiger charge is -2.33. The predicted octanol–water partition coefficient (Wildman–Crippen LogP) is 3.64. The molecule has 2 unspecified atom stereocenters. The number of hydrogen-bond acceptors (Lipinski definition) is 9. The first kappa shape index (κ1) is 27.4. The molecule has 4 N–H and O–H groups in total. The van der Waals surface area contributed by atoms with Gasteiger partial charge in [0.05, 0.1) is 7.11 Å². The monoisotopic (exact) mass is 554 g/mol. The van der Waals surface area contributed by atoms with Gasteiger partial charge in [-0.15, -0.1) is 6.58 Å². The van der Waals surface area contributed by atoms with E-state index in [-0.39, 0.29) is 53.5 Å². The Bertz CT molecular complexity index is 1650. The van der Waals surface area contributed by atoms with E-state index in [0.29, 0.717) is 27.8 Å². The summed E-state index contributed by atoms with van der Waals surface area (Å²) in [5.74, 6) is -2.30. The molecule has 208 valence electrons. The molecule has 2 aromatic rings. The van der Waals surface area contributed by atoms with Crippen LogP contribution in [0.3, 0.4) is 0 Å². The van der Waals surface area contributed by atoms with Gasteiger partial charge in [0, 0.05) is 35.1 Å². The van der Waals surface area contributed by atoms with Gasteiger partial charge in [0.1, 0.15) is 12.2 Å². The summed E-state index contributed by atoms with van der Waals surface area (Å²) in [6.07, 6.45) is 7.13. The Labute approximate surface area is 235 Å². The van der Waals surface area contributed by atoms with Crippen LogP contribution in [0.25, 0.3) is 5.57 Å². The summed E-state index contributed by atoms with van der Waals surface area (Å²) in [7, 11) is 1.37. The summed E-state index contributed by atoms with van der Waals surface area (Å²) in [5.41, 5.74) is 2.15. The van der Waals surface area contributed by atoms with Crippen molar-refractivity contribution in [2.24, 2.45) is 0 Å². The SMILES string of the molecule is C=CC(C1=CC(=O)C(OC)=CC1=O)c1ccccc1.O=C1C=CC2=C3c4cc(O)c(O)cc4CC3(O)COC2=C1O. The third-order valence-corrected chi connectivity index (χ3v) is 7.26. The van der Waals surface area contributed by atoms with Gasteiger partial charge in [-0.05, 0) is 47.1 Å². The van der Waals surface area contributed by atoms with Crippen molar-refractivity contribution in [2.45, 2.75) is 17.9 Å². The Kier molecular flexibility index (Phi) is 6.98. The van der Waals surface area contributed by atoms with E-state index in [1.165, 1.54) is 43.5 Å². The van der Waals surface area contributed by atoms with Gasteiger partial charge in [-0.3, -0.25) is 14.4 Å². The minimum atomic E-state index is -1.33. The predicted molar refractivity (Wildman–Crippen MR) is 148 cm³/mol. The van der Waals surface area contributed by atoms with Crippen molar-refractivity contribution in [3.63, 3.8) is 0 Å². The van der Waals surface area contributed by atoms with E-state index in [0.717, 1.165) is 5.56 Å². The highest BCUT2D eigenvalue weighted by Crippen LogP contribution is 2.50. The molecule has 1 aliphatic heterocycles. The number of carbonyl (C=O) groups is 3. The zero-order chi connectivity index (χ0) is 29.5. The largest absolute Gasteiger partial charge is 0.504 e. The third kappa shape index (κ3) is 4.76. The smallest absolute Gasteiger partial charge is 0.224 e. The molecule has 0 fully saturated rings. The van der Waals surface area contributed by atoms with Crippen molar-refractivity contribution in [3.8, 4) is 11.5 Å². The van der Waals surface area contributed by atoms with E-state index < -0.39 is 17.1 Å². The molecule has 0 saturated carbocycles. The lowest BCUT2D eigenvalue weighted by Crippen LogP contribution is -2.39. The Balaban J connectivity index is 0.000000167. The normalized spacial score (nSPS) is 21.5. The summed E-state index contributed by atoms with van der Waals surface area (Å²) in [6.45, 7) is 3.63. The van der Waals surface area contributed by atoms with E-state index in [1.807, 2.05) is 30.3 Å². The lowest BCUT2D eigenvalue weighted by atomic mass is 9.85. The number of phenolic OH excluding ortho intramolecular Hbond substituents is 2. The average Bonchev–Trinajstić information content (AvgIpc) is 3.25. The van der Waals surface area contributed by atoms with Crippen LogP contribution in [-0.4, -0.2) is 57.1 Å². The Hall–Kier alpha value is -5.15. The molecular formula is C32H26O9. The van der Waals surface area contributed by atoms with Crippen molar-refractivity contribution in [1.82, 2.24) is 0 Å². The number of methoxy groups -OCH3 is 1. The molecule has 0 spiro atoms. The minimum Gasteiger partial charge on any atom is -0.504 e. The average molecular weight is 555 g/mol. The fraction of sp³-hybridized carbons (Fsp3) is 0.156. The standard InChI is InChI=1S/C16H12O6.C16H14O3/c17-10-2-1-8-13-9-4-12(19)11(18)3-7(9)5-16(13,21)6-22-15(8)14(10)20;1-3-12(11-7-5-4-6-8-11)13-9-15(18)16(19-2)10-14(13)17/h1-4,18-21H,5-6H2;3-10,12H,1H2,2H3. The Morgan fingerprint density at radius 3 is 2.37 bits per heavy atom. The van der Waals surface area contributed by atoms with Crippen LogP contribution in [0, 0.1) is 0 Å². The number of aliphatic hydroxyl groups excluding tert-OH is 1. The van der Waals surface area contributed by atoms with E-state index in [9.17, 15) is 34.8 Å². The molecule has 9 nitrogen and oxygen atoms in total. The summed E-state index contributed by atoms with van der Waals surface area (Å²) >= 11 is 0. The van der Waals surface area contributed by atoms with Gasteiger partial charge >= 0.3 is 0 Å². The quantitative estimate of drug-likeness (QED) is 0.252. The van der Waals surface area contributed by atoms with Crippen LogP contribution in [0.4, 0.5) is 0 Å². The third-order valence-electron chi connectivity index (χ3n) is 7.26. The first-order chi connectivity index (χ1) is 19.6. The van der Waals surface area contributed by atoms with Crippen LogP contribution in [-0.2, 0) is 30.3 Å². The number of aliphatic hydroxyl groups is 2. The maximum atomic E-state index is 12.1. The molecule has 0 radical (unpaired) electrons. The van der Waals surface area contributed by atoms with E-state index in [2.05, 4.69) is 6.58 Å². The number of carbonyl (C=O) groups excluding carboxylic acids is 3. The van der Waals surface area contributed by atoms with Gasteiger partial charge in [0.2, 0.25) is 17.3 Å². The van der Waals surface area contributed by atoms with Crippen LogP contribution in [0.5, 0.6) is 11.5 Å². The van der Waals surface area contributed by atoms with Crippen molar-refractivity contribution in [2.75, 3.05) is 13.7 Å². The molecule has 0 aromatic heterocycles. The molecular weight excluding hydrogens is 528 g/mol. The zero-order valence-electron chi connectivity index (χ0n) is 22.0. The second-order valence-electron chi connectivity index (χ2n) is 9.82. The van der Waals surface area contributed by atoms with Crippen molar-refractivity contribution in [3.05, 3.63) is 125 Å². The molecule has 1 heterocycles. The first-order valence-electron chi connectivity index (χ1n) is 12.6. The summed E-state index contributed by atoms with van der Waals surface area (Å²) < 4.78 is 10.3. The van der Waals surface area contributed by atoms with Crippen molar-refractivity contribution in [1.29, 1.82) is 0 Å². The molecule has 0 amide bonds. The van der Waals surface area contributed by atoms with Gasteiger partial charge in [-0.1, -0.05) is 36.4 Å². The number of ether oxygens (including phenoxy) is 2. The molecule has 4 aliphatic rings. The molecule has 3 aliphatic carbocycles. The summed E-state index contributed by atoms with van der Waals surface area (Å²) in [6, 6.07) is 12.2. The number of phenols is 2. The van der Waals surface area contributed by atoms with Crippen LogP contribution < -0.4 is 0 Å². The first-order valence-corrected chi connectivity index (χ1v) is 12.6. The van der Waals surface area contributed by atoms with E-state index in [4.69, 9.17) is 9.47 Å². The van der Waals surface area contributed by atoms with E-state index in [1.54, 1.807) is 6.08 Å². The number of rotatable bonds is 4. The number of benzene rings is 2. The lowest BCUT2D eigenvalue weighted by molar-refractivity contribution is -0.117. The summed E-state index contributed by atoms with van der Waals surface area (Å²) in [4.78, 5) is 35.4. The second kappa shape index (κ2) is 10.4. The van der Waals surface area contributed by atoms with Gasteiger partial charge in [-0.2, -0.15) is 0 Å². The molecule has 2 aromatic carbocycles. The van der Waals surface area contributed by atoms with Crippen LogP contribution >= 0.6 is 0 Å². The number of hydrogen-bond donors (Lipinski definition) is 4. The fourth-order valence-electron chi connectivity index (χ4n) is 5.32. The zero-order valence-corrected chi connectivity index (χ0v) is 22.0. The molecule has 0 saturated heterocycles. The molecule has 9 heteroatoms. The Morgan fingerprint density at radius 1 is 0.976 bits per heavy atom. The number of allylic oxidation sites excluding steroid dienone is 6. The van der Waals surface area contributed by atoms with Crippen LogP contribution in [0.15, 0.2) is 108 Å². The van der Waals surface area contributed by atoms with E-state index >= 15 is 0 Å². The number of fused-ring (bicyclic) bond motifs is 4. The second-order valence-corrected chi connectivity index (χ2v) is 9.82. The Morgan fingerprint density at radius 2 is 1.68 bits per heavy atom. The fourth-order valence-corrected chi connectivity index (χ4v) is 5.32. The molecule has 6 rings (SSSR count). The van der Waals surface area contributed by atoms with Gasteiger partial charge in [-0.25, -0.2) is 0 Å². The molecule has 2 atom stereocenters. The minimum absolute atomic E-state index is 0.0348. The number of aromatic hydroxyl groups is 2. The van der Waals surface area contributed by atoms with Crippen molar-refractivity contribution < 1.29 is 44.3 Å².